The average molecular weight is 231 g/mol. The number of rotatable bonds is 10. The fraction of sp³-hybridized carbons (Fsp3) is 1.00. The Kier molecular flexibility index (Phi) is 8.90. The molecule has 3 heteroatoms. The van der Waals surface area contributed by atoms with Gasteiger partial charge in [0.1, 0.15) is 0 Å². The van der Waals surface area contributed by atoms with Crippen molar-refractivity contribution in [2.45, 2.75) is 65.0 Å². The predicted octanol–water partition coefficient (Wildman–Crippen LogP) is 2.33. The molecule has 0 saturated heterocycles. The van der Waals surface area contributed by atoms with Crippen molar-refractivity contribution < 1.29 is 9.84 Å². The number of ether oxygens (including phenoxy) is 1. The van der Waals surface area contributed by atoms with Crippen LogP contribution in [0.25, 0.3) is 0 Å². The zero-order chi connectivity index (χ0) is 12.4. The molecule has 98 valence electrons. The molecular weight excluding hydrogens is 202 g/mol. The van der Waals surface area contributed by atoms with Crippen molar-refractivity contribution in [1.29, 1.82) is 0 Å². The molecule has 0 aromatic carbocycles. The molecule has 2 atom stereocenters. The number of hydrogen-bond acceptors (Lipinski definition) is 3. The number of aliphatic hydroxyl groups excluding tert-OH is 1. The largest absolute Gasteiger partial charge is 0.394 e. The third-order valence-electron chi connectivity index (χ3n) is 3.00. The van der Waals surface area contributed by atoms with Gasteiger partial charge in [-0.25, -0.2) is 0 Å². The van der Waals surface area contributed by atoms with E-state index in [4.69, 9.17) is 4.74 Å². The zero-order valence-electron chi connectivity index (χ0n) is 11.4. The molecule has 0 heterocycles. The fourth-order valence-corrected chi connectivity index (χ4v) is 1.51. The molecule has 0 spiro atoms. The first-order valence-corrected chi connectivity index (χ1v) is 6.55. The van der Waals surface area contributed by atoms with Crippen LogP contribution in [0.2, 0.25) is 0 Å². The summed E-state index contributed by atoms with van der Waals surface area (Å²) >= 11 is 0. The molecule has 3 nitrogen and oxygen atoms in total. The summed E-state index contributed by atoms with van der Waals surface area (Å²) in [6.45, 7) is 10.4. The Balaban J connectivity index is 3.68. The highest BCUT2D eigenvalue weighted by Gasteiger charge is 2.21. The van der Waals surface area contributed by atoms with Crippen LogP contribution in [0.4, 0.5) is 0 Å². The minimum absolute atomic E-state index is 0.144. The first-order chi connectivity index (χ1) is 7.58. The highest BCUT2D eigenvalue weighted by molar-refractivity contribution is 4.81. The smallest absolute Gasteiger partial charge is 0.0610 e. The van der Waals surface area contributed by atoms with Gasteiger partial charge in [0.15, 0.2) is 0 Å². The van der Waals surface area contributed by atoms with E-state index in [9.17, 15) is 5.11 Å². The Bertz CT molecular complexity index is 164. The van der Waals surface area contributed by atoms with Crippen molar-refractivity contribution in [3.8, 4) is 0 Å². The summed E-state index contributed by atoms with van der Waals surface area (Å²) in [7, 11) is 0. The van der Waals surface area contributed by atoms with Crippen LogP contribution in [0.15, 0.2) is 0 Å². The molecule has 16 heavy (non-hydrogen) atoms. The van der Waals surface area contributed by atoms with Gasteiger partial charge in [-0.15, -0.1) is 0 Å². The van der Waals surface area contributed by atoms with E-state index in [1.54, 1.807) is 0 Å². The highest BCUT2D eigenvalue weighted by atomic mass is 16.5. The van der Waals surface area contributed by atoms with Gasteiger partial charge in [0.05, 0.1) is 12.7 Å². The Hall–Kier alpha value is -0.120. The minimum Gasteiger partial charge on any atom is -0.394 e. The summed E-state index contributed by atoms with van der Waals surface area (Å²) < 4.78 is 5.63. The van der Waals surface area contributed by atoms with Crippen LogP contribution >= 0.6 is 0 Å². The molecule has 2 unspecified atom stereocenters. The van der Waals surface area contributed by atoms with Crippen molar-refractivity contribution in [3.05, 3.63) is 0 Å². The van der Waals surface area contributed by atoms with Crippen molar-refractivity contribution in [2.24, 2.45) is 0 Å². The summed E-state index contributed by atoms with van der Waals surface area (Å²) in [6, 6.07) is 0. The average Bonchev–Trinajstić information content (AvgIpc) is 2.31. The second kappa shape index (κ2) is 8.97. The third kappa shape index (κ3) is 7.20. The van der Waals surface area contributed by atoms with Crippen LogP contribution in [-0.2, 0) is 4.74 Å². The second-order valence-corrected chi connectivity index (χ2v) is 4.84. The lowest BCUT2D eigenvalue weighted by atomic mass is 9.97. The van der Waals surface area contributed by atoms with Crippen molar-refractivity contribution in [2.75, 3.05) is 19.8 Å². The first-order valence-electron chi connectivity index (χ1n) is 6.55. The van der Waals surface area contributed by atoms with Crippen LogP contribution in [0, 0.1) is 0 Å². The zero-order valence-corrected chi connectivity index (χ0v) is 11.4. The van der Waals surface area contributed by atoms with Gasteiger partial charge in [0, 0.05) is 12.1 Å². The molecule has 0 rings (SSSR count). The Morgan fingerprint density at radius 1 is 1.38 bits per heavy atom. The lowest BCUT2D eigenvalue weighted by Gasteiger charge is -2.29. The Labute approximate surface area is 101 Å². The van der Waals surface area contributed by atoms with E-state index in [-0.39, 0.29) is 12.1 Å². The van der Waals surface area contributed by atoms with Gasteiger partial charge in [-0.1, -0.05) is 13.8 Å². The first kappa shape index (κ1) is 15.9. The van der Waals surface area contributed by atoms with Crippen LogP contribution in [0.5, 0.6) is 0 Å². The van der Waals surface area contributed by atoms with E-state index in [0.717, 1.165) is 38.8 Å². The van der Waals surface area contributed by atoms with Crippen molar-refractivity contribution >= 4 is 0 Å². The Morgan fingerprint density at radius 3 is 2.56 bits per heavy atom. The lowest BCUT2D eigenvalue weighted by molar-refractivity contribution is 0.0537. The molecular formula is C13H29NO2. The lowest BCUT2D eigenvalue weighted by Crippen LogP contribution is -2.46. The van der Waals surface area contributed by atoms with E-state index in [1.165, 1.54) is 0 Å². The highest BCUT2D eigenvalue weighted by Crippen LogP contribution is 2.12. The maximum Gasteiger partial charge on any atom is 0.0610 e. The van der Waals surface area contributed by atoms with Gasteiger partial charge >= 0.3 is 0 Å². The van der Waals surface area contributed by atoms with Crippen molar-refractivity contribution in [3.63, 3.8) is 0 Å². The maximum absolute atomic E-state index is 9.36. The molecule has 0 aromatic rings. The summed E-state index contributed by atoms with van der Waals surface area (Å²) in [5.41, 5.74) is -0.144. The normalized spacial score (nSPS) is 17.1. The third-order valence-corrected chi connectivity index (χ3v) is 3.00. The number of aliphatic hydroxyl groups is 1. The molecule has 0 aliphatic heterocycles. The summed E-state index contributed by atoms with van der Waals surface area (Å²) in [6.07, 6.45) is 4.46. The quantitative estimate of drug-likeness (QED) is 0.567. The predicted molar refractivity (Wildman–Crippen MR) is 68.7 cm³/mol. The van der Waals surface area contributed by atoms with E-state index >= 15 is 0 Å². The van der Waals surface area contributed by atoms with Gasteiger partial charge in [-0.05, 0) is 46.1 Å². The summed E-state index contributed by atoms with van der Waals surface area (Å²) in [5.74, 6) is 0. The molecule has 0 aromatic heterocycles. The number of hydrogen-bond donors (Lipinski definition) is 2. The molecule has 0 radical (unpaired) electrons. The molecule has 2 N–H and O–H groups in total. The number of nitrogens with one attached hydrogen (secondary N) is 1. The Morgan fingerprint density at radius 2 is 2.06 bits per heavy atom. The van der Waals surface area contributed by atoms with E-state index in [0.29, 0.717) is 6.10 Å². The van der Waals surface area contributed by atoms with Gasteiger partial charge in [0.25, 0.3) is 0 Å². The standard InChI is InChI=1S/C13H29NO2/c1-5-9-14-13(4,11-15)8-7-10-16-12(3)6-2/h12,14-15H,5-11H2,1-4H3. The second-order valence-electron chi connectivity index (χ2n) is 4.84. The molecule has 0 saturated carbocycles. The van der Waals surface area contributed by atoms with E-state index in [1.807, 2.05) is 0 Å². The minimum atomic E-state index is -0.144. The van der Waals surface area contributed by atoms with Crippen LogP contribution in [0.1, 0.15) is 53.4 Å². The van der Waals surface area contributed by atoms with E-state index in [2.05, 4.69) is 33.0 Å². The van der Waals surface area contributed by atoms with Crippen LogP contribution in [-0.4, -0.2) is 36.5 Å². The van der Waals surface area contributed by atoms with Crippen LogP contribution < -0.4 is 5.32 Å². The fourth-order valence-electron chi connectivity index (χ4n) is 1.51. The maximum atomic E-state index is 9.36. The van der Waals surface area contributed by atoms with Crippen molar-refractivity contribution in [1.82, 2.24) is 5.32 Å². The SMILES string of the molecule is CCCNC(C)(CO)CCCOC(C)CC. The molecule has 0 bridgehead atoms. The topological polar surface area (TPSA) is 41.5 Å². The molecule has 0 fully saturated rings. The summed E-state index contributed by atoms with van der Waals surface area (Å²) in [5, 5.41) is 12.8. The van der Waals surface area contributed by atoms with Crippen LogP contribution in [0.3, 0.4) is 0 Å². The summed E-state index contributed by atoms with van der Waals surface area (Å²) in [4.78, 5) is 0. The molecule has 0 amide bonds. The van der Waals surface area contributed by atoms with Gasteiger partial charge < -0.3 is 15.2 Å². The van der Waals surface area contributed by atoms with E-state index < -0.39 is 0 Å². The molecule has 0 aliphatic rings. The van der Waals surface area contributed by atoms with Gasteiger partial charge in [-0.3, -0.25) is 0 Å². The molecule has 0 aliphatic carbocycles. The monoisotopic (exact) mass is 231 g/mol. The van der Waals surface area contributed by atoms with Gasteiger partial charge in [0.2, 0.25) is 0 Å². The van der Waals surface area contributed by atoms with Gasteiger partial charge in [-0.2, -0.15) is 0 Å².